The van der Waals surface area contributed by atoms with Crippen LogP contribution in [0.3, 0.4) is 0 Å². The van der Waals surface area contributed by atoms with E-state index in [0.29, 0.717) is 0 Å². The second-order valence-electron chi connectivity index (χ2n) is 2.68. The van der Waals surface area contributed by atoms with Crippen LogP contribution in [0.2, 0.25) is 0 Å². The first-order valence-corrected chi connectivity index (χ1v) is 1.79. The molecular weight excluding hydrogens is 137 g/mol. The molecule has 6 heavy (non-hydrogen) atoms. The number of quaternary nitrogens is 1. The first-order valence-electron chi connectivity index (χ1n) is 1.79. The molecular formula is C4H15AsN+. The molecule has 40 valence electrons. The summed E-state index contributed by atoms with van der Waals surface area (Å²) in [7, 11) is 8.50. The normalized spacial score (nSPS) is 10.0. The van der Waals surface area contributed by atoms with E-state index < -0.39 is 0 Å². The van der Waals surface area contributed by atoms with Crippen molar-refractivity contribution >= 4 is 18.0 Å². The third kappa shape index (κ3) is 208. The Labute approximate surface area is 51.2 Å². The zero-order valence-corrected chi connectivity index (χ0v) is 8.12. The summed E-state index contributed by atoms with van der Waals surface area (Å²) in [6.07, 6.45) is 0. The van der Waals surface area contributed by atoms with Crippen LogP contribution in [0.5, 0.6) is 0 Å². The average molecular weight is 152 g/mol. The second kappa shape index (κ2) is 2.65. The Hall–Kier alpha value is 0.518. The number of hydrogen-bond acceptors (Lipinski definition) is 0. The van der Waals surface area contributed by atoms with Gasteiger partial charge < -0.3 is 4.48 Å². The summed E-state index contributed by atoms with van der Waals surface area (Å²) in [6.45, 7) is 0. The molecule has 0 bridgehead atoms. The number of hydrogen-bond donors (Lipinski definition) is 0. The van der Waals surface area contributed by atoms with Crippen molar-refractivity contribution in [2.45, 2.75) is 0 Å². The van der Waals surface area contributed by atoms with E-state index in [9.17, 15) is 0 Å². The molecule has 1 unspecified atom stereocenters. The molecule has 0 fully saturated rings. The van der Waals surface area contributed by atoms with E-state index in [4.69, 9.17) is 0 Å². The third-order valence-corrected chi connectivity index (χ3v) is 0. The second-order valence-corrected chi connectivity index (χ2v) is 2.68. The predicted octanol–water partition coefficient (Wildman–Crippen LogP) is -0.861. The maximum atomic E-state index is 2.12. The molecule has 0 heterocycles. The van der Waals surface area contributed by atoms with Crippen molar-refractivity contribution in [3.05, 3.63) is 0 Å². The Morgan fingerprint density at radius 1 is 0.833 bits per heavy atom. The van der Waals surface area contributed by atoms with Crippen LogP contribution in [0, 0.1) is 0 Å². The van der Waals surface area contributed by atoms with Crippen molar-refractivity contribution in [2.75, 3.05) is 28.2 Å². The van der Waals surface area contributed by atoms with Gasteiger partial charge in [0.2, 0.25) is 0 Å². The number of nitrogens with zero attached hydrogens (tertiary/aromatic N) is 1. The average Bonchev–Trinajstić information content (AvgIpc) is 0.722. The van der Waals surface area contributed by atoms with Gasteiger partial charge >= 0.3 is 18.0 Å². The molecule has 0 aliphatic carbocycles. The van der Waals surface area contributed by atoms with Gasteiger partial charge in [-0.15, -0.1) is 0 Å². The monoisotopic (exact) mass is 152 g/mol. The van der Waals surface area contributed by atoms with E-state index in [-0.39, 0.29) is 18.0 Å². The molecule has 1 nitrogen and oxygen atoms in total. The summed E-state index contributed by atoms with van der Waals surface area (Å²) in [4.78, 5) is 0. The molecule has 0 saturated carbocycles. The minimum absolute atomic E-state index is 0. The first-order chi connectivity index (χ1) is 2.00. The predicted molar refractivity (Wildman–Crippen MR) is 33.9 cm³/mol. The topological polar surface area (TPSA) is 0 Å². The Bertz CT molecular complexity index is 23.0. The van der Waals surface area contributed by atoms with Crippen LogP contribution >= 0.6 is 0 Å². The van der Waals surface area contributed by atoms with Crippen LogP contribution in [0.4, 0.5) is 0 Å². The Morgan fingerprint density at radius 2 is 0.833 bits per heavy atom. The van der Waals surface area contributed by atoms with Gasteiger partial charge in [0, 0.05) is 0 Å². The van der Waals surface area contributed by atoms with Gasteiger partial charge in [-0.3, -0.25) is 0 Å². The molecule has 0 amide bonds. The number of rotatable bonds is 0. The molecule has 0 radical (unpaired) electrons. The van der Waals surface area contributed by atoms with E-state index in [2.05, 4.69) is 28.2 Å². The van der Waals surface area contributed by atoms with E-state index in [1.54, 1.807) is 0 Å². The van der Waals surface area contributed by atoms with Crippen molar-refractivity contribution in [1.29, 1.82) is 0 Å². The molecule has 0 aromatic rings. The molecule has 0 aliphatic heterocycles. The fourth-order valence-corrected chi connectivity index (χ4v) is 0. The van der Waals surface area contributed by atoms with E-state index in [1.807, 2.05) is 0 Å². The van der Waals surface area contributed by atoms with Crippen molar-refractivity contribution in [2.24, 2.45) is 0 Å². The molecule has 0 aromatic carbocycles. The SMILES string of the molecule is C[N+](C)(C)C.[AsH3]. The molecule has 0 aromatic heterocycles. The van der Waals surface area contributed by atoms with Crippen LogP contribution in [-0.4, -0.2) is 50.6 Å². The van der Waals surface area contributed by atoms with Gasteiger partial charge in [-0.25, -0.2) is 0 Å². The van der Waals surface area contributed by atoms with E-state index in [0.717, 1.165) is 4.48 Å². The molecule has 0 rings (SSSR count). The molecule has 1 atom stereocenters. The van der Waals surface area contributed by atoms with Gasteiger partial charge in [0.25, 0.3) is 0 Å². The summed E-state index contributed by atoms with van der Waals surface area (Å²) in [6, 6.07) is 0. The van der Waals surface area contributed by atoms with Gasteiger partial charge in [-0.2, -0.15) is 0 Å². The van der Waals surface area contributed by atoms with Gasteiger partial charge in [0.15, 0.2) is 0 Å². The quantitative estimate of drug-likeness (QED) is 0.313. The Morgan fingerprint density at radius 3 is 0.833 bits per heavy atom. The summed E-state index contributed by atoms with van der Waals surface area (Å²) in [5.74, 6) is 0. The van der Waals surface area contributed by atoms with Crippen molar-refractivity contribution in [1.82, 2.24) is 0 Å². The fraction of sp³-hybridized carbons (Fsp3) is 1.00. The van der Waals surface area contributed by atoms with Gasteiger partial charge in [-0.05, 0) is 0 Å². The van der Waals surface area contributed by atoms with Crippen LogP contribution in [-0.2, 0) is 0 Å². The third-order valence-electron chi connectivity index (χ3n) is 0. The molecule has 0 N–H and O–H groups in total. The van der Waals surface area contributed by atoms with Crippen molar-refractivity contribution < 1.29 is 4.48 Å². The van der Waals surface area contributed by atoms with Crippen molar-refractivity contribution in [3.8, 4) is 0 Å². The summed E-state index contributed by atoms with van der Waals surface area (Å²) >= 11 is 0. The summed E-state index contributed by atoms with van der Waals surface area (Å²) in [5.41, 5.74) is 0. The summed E-state index contributed by atoms with van der Waals surface area (Å²) in [5, 5.41) is 0. The van der Waals surface area contributed by atoms with Crippen LogP contribution in [0.1, 0.15) is 0 Å². The maximum absolute atomic E-state index is 2.12. The van der Waals surface area contributed by atoms with Crippen LogP contribution in [0.25, 0.3) is 0 Å². The van der Waals surface area contributed by atoms with Crippen LogP contribution < -0.4 is 0 Å². The zero-order chi connectivity index (χ0) is 4.50. The summed E-state index contributed by atoms with van der Waals surface area (Å²) < 4.78 is 1.00. The molecule has 2 heteroatoms. The Kier molecular flexibility index (Phi) is 4.30. The molecule has 0 saturated heterocycles. The fourth-order valence-electron chi connectivity index (χ4n) is 0. The van der Waals surface area contributed by atoms with Gasteiger partial charge in [0.1, 0.15) is 0 Å². The van der Waals surface area contributed by atoms with E-state index in [1.165, 1.54) is 0 Å². The van der Waals surface area contributed by atoms with Crippen LogP contribution in [0.15, 0.2) is 0 Å². The Balaban J connectivity index is 0. The van der Waals surface area contributed by atoms with Gasteiger partial charge in [0.05, 0.1) is 28.2 Å². The molecule has 0 aliphatic rings. The standard InChI is InChI=1S/C4H12N.AsH3/c1-5(2,3)4;/h1-4H3;1H3/q+1;. The minimum atomic E-state index is 0. The zero-order valence-electron chi connectivity index (χ0n) is 5.15. The van der Waals surface area contributed by atoms with Gasteiger partial charge in [-0.1, -0.05) is 0 Å². The molecule has 0 spiro atoms. The van der Waals surface area contributed by atoms with Crippen molar-refractivity contribution in [3.63, 3.8) is 0 Å². The first kappa shape index (κ1) is 9.72. The van der Waals surface area contributed by atoms with E-state index >= 15 is 0 Å².